The fourth-order valence-corrected chi connectivity index (χ4v) is 4.58. The molecule has 2 aliphatic rings. The first-order valence-electron chi connectivity index (χ1n) is 6.80. The molecule has 5 heteroatoms. The maximum Gasteiger partial charge on any atom is 0.255 e. The average molecular weight is 406 g/mol. The average Bonchev–Trinajstić information content (AvgIpc) is 3.03. The standard InChI is InChI=1S/C15H17ClINO2/c1-15(2,20)13(8-3-4-8)18-7-9-5-10(16)6-11(17)12(9)14(18)19/h5-6,8,13,20H,3-4,7H2,1-2H3/t13-/m1/s1. The number of amides is 1. The minimum absolute atomic E-state index is 0.0279. The molecular formula is C15H17ClINO2. The molecule has 1 aromatic rings. The Hall–Kier alpha value is -0.330. The summed E-state index contributed by atoms with van der Waals surface area (Å²) in [6.07, 6.45) is 2.18. The lowest BCUT2D eigenvalue weighted by Crippen LogP contribution is -2.51. The Morgan fingerprint density at radius 2 is 2.10 bits per heavy atom. The van der Waals surface area contributed by atoms with Crippen molar-refractivity contribution in [3.8, 4) is 0 Å². The number of hydrogen-bond acceptors (Lipinski definition) is 2. The molecule has 1 atom stereocenters. The van der Waals surface area contributed by atoms with Crippen LogP contribution in [0.1, 0.15) is 42.6 Å². The number of hydrogen-bond donors (Lipinski definition) is 1. The van der Waals surface area contributed by atoms with Crippen LogP contribution in [-0.4, -0.2) is 27.6 Å². The van der Waals surface area contributed by atoms with Crippen LogP contribution in [0.25, 0.3) is 0 Å². The number of nitrogens with zero attached hydrogens (tertiary/aromatic N) is 1. The summed E-state index contributed by atoms with van der Waals surface area (Å²) in [6, 6.07) is 3.57. The van der Waals surface area contributed by atoms with Gasteiger partial charge < -0.3 is 10.0 Å². The first-order valence-corrected chi connectivity index (χ1v) is 8.26. The summed E-state index contributed by atoms with van der Waals surface area (Å²) in [5.41, 5.74) is 0.848. The zero-order valence-corrected chi connectivity index (χ0v) is 14.4. The summed E-state index contributed by atoms with van der Waals surface area (Å²) in [4.78, 5) is 14.6. The molecule has 108 valence electrons. The van der Waals surface area contributed by atoms with Crippen molar-refractivity contribution in [1.29, 1.82) is 0 Å². The largest absolute Gasteiger partial charge is 0.388 e. The molecule has 1 aromatic carbocycles. The molecule has 0 unspecified atom stereocenters. The quantitative estimate of drug-likeness (QED) is 0.783. The van der Waals surface area contributed by atoms with Crippen LogP contribution in [0.15, 0.2) is 12.1 Å². The minimum atomic E-state index is -0.881. The van der Waals surface area contributed by atoms with E-state index in [1.165, 1.54) is 0 Å². The van der Waals surface area contributed by atoms with Gasteiger partial charge in [-0.05, 0) is 72.9 Å². The van der Waals surface area contributed by atoms with Crippen molar-refractivity contribution in [3.63, 3.8) is 0 Å². The smallest absolute Gasteiger partial charge is 0.255 e. The highest BCUT2D eigenvalue weighted by Crippen LogP contribution is 2.43. The van der Waals surface area contributed by atoms with E-state index in [1.54, 1.807) is 13.8 Å². The van der Waals surface area contributed by atoms with Gasteiger partial charge in [0.2, 0.25) is 0 Å². The fraction of sp³-hybridized carbons (Fsp3) is 0.533. The van der Waals surface area contributed by atoms with Crippen LogP contribution in [-0.2, 0) is 6.54 Å². The van der Waals surface area contributed by atoms with E-state index >= 15 is 0 Å². The molecule has 1 heterocycles. The van der Waals surface area contributed by atoms with Crippen LogP contribution >= 0.6 is 34.2 Å². The number of carbonyl (C=O) groups excluding carboxylic acids is 1. The topological polar surface area (TPSA) is 40.5 Å². The Bertz CT molecular complexity index is 578. The highest BCUT2D eigenvalue weighted by Gasteiger charge is 2.48. The molecule has 0 saturated heterocycles. The molecule has 0 spiro atoms. The second kappa shape index (κ2) is 4.85. The van der Waals surface area contributed by atoms with Gasteiger partial charge >= 0.3 is 0 Å². The van der Waals surface area contributed by atoms with Crippen molar-refractivity contribution in [3.05, 3.63) is 31.9 Å². The third-order valence-electron chi connectivity index (χ3n) is 4.08. The van der Waals surface area contributed by atoms with Crippen LogP contribution in [0, 0.1) is 9.49 Å². The zero-order valence-electron chi connectivity index (χ0n) is 11.5. The van der Waals surface area contributed by atoms with Gasteiger partial charge in [-0.15, -0.1) is 0 Å². The lowest BCUT2D eigenvalue weighted by atomic mass is 9.93. The molecule has 1 amide bonds. The number of benzene rings is 1. The molecule has 1 N–H and O–H groups in total. The molecule has 3 rings (SSSR count). The predicted octanol–water partition coefficient (Wildman–Crippen LogP) is 3.45. The summed E-state index contributed by atoms with van der Waals surface area (Å²) in [6.45, 7) is 4.14. The Morgan fingerprint density at radius 3 is 2.65 bits per heavy atom. The molecule has 20 heavy (non-hydrogen) atoms. The van der Waals surface area contributed by atoms with Crippen LogP contribution in [0.2, 0.25) is 5.02 Å². The molecule has 1 fully saturated rings. The molecule has 0 radical (unpaired) electrons. The fourth-order valence-electron chi connectivity index (χ4n) is 3.24. The molecule has 1 aliphatic carbocycles. The van der Waals surface area contributed by atoms with Crippen molar-refractivity contribution in [2.24, 2.45) is 5.92 Å². The molecule has 1 aliphatic heterocycles. The maximum atomic E-state index is 12.7. The number of carbonyl (C=O) groups is 1. The van der Waals surface area contributed by atoms with Crippen molar-refractivity contribution in [2.75, 3.05) is 0 Å². The molecule has 3 nitrogen and oxygen atoms in total. The van der Waals surface area contributed by atoms with Crippen LogP contribution in [0.4, 0.5) is 0 Å². The summed E-state index contributed by atoms with van der Waals surface area (Å²) in [7, 11) is 0. The normalized spacial score (nSPS) is 20.2. The van der Waals surface area contributed by atoms with Gasteiger partial charge in [-0.1, -0.05) is 11.6 Å². The van der Waals surface area contributed by atoms with E-state index in [-0.39, 0.29) is 11.9 Å². The Kier molecular flexibility index (Phi) is 3.54. The van der Waals surface area contributed by atoms with E-state index < -0.39 is 5.60 Å². The van der Waals surface area contributed by atoms with Crippen LogP contribution in [0.3, 0.4) is 0 Å². The highest BCUT2D eigenvalue weighted by molar-refractivity contribution is 14.1. The highest BCUT2D eigenvalue weighted by atomic mass is 127. The van der Waals surface area contributed by atoms with E-state index in [9.17, 15) is 9.90 Å². The molecular weight excluding hydrogens is 389 g/mol. The molecule has 1 saturated carbocycles. The summed E-state index contributed by atoms with van der Waals surface area (Å²) >= 11 is 8.24. The van der Waals surface area contributed by atoms with E-state index in [2.05, 4.69) is 22.6 Å². The van der Waals surface area contributed by atoms with Gasteiger partial charge in [-0.25, -0.2) is 0 Å². The van der Waals surface area contributed by atoms with E-state index in [4.69, 9.17) is 11.6 Å². The molecule has 0 bridgehead atoms. The van der Waals surface area contributed by atoms with Gasteiger partial charge in [-0.3, -0.25) is 4.79 Å². The first-order chi connectivity index (χ1) is 9.29. The minimum Gasteiger partial charge on any atom is -0.388 e. The summed E-state index contributed by atoms with van der Waals surface area (Å²) in [5, 5.41) is 11.1. The van der Waals surface area contributed by atoms with Crippen molar-refractivity contribution < 1.29 is 9.90 Å². The summed E-state index contributed by atoms with van der Waals surface area (Å²) < 4.78 is 0.892. The molecule has 0 aromatic heterocycles. The van der Waals surface area contributed by atoms with Gasteiger partial charge in [0.1, 0.15) is 0 Å². The van der Waals surface area contributed by atoms with Gasteiger partial charge in [0.15, 0.2) is 0 Å². The monoisotopic (exact) mass is 405 g/mol. The Labute approximate surface area is 137 Å². The predicted molar refractivity (Wildman–Crippen MR) is 86.9 cm³/mol. The van der Waals surface area contributed by atoms with Gasteiger partial charge in [0.25, 0.3) is 5.91 Å². The van der Waals surface area contributed by atoms with Crippen molar-refractivity contribution in [2.45, 2.75) is 44.9 Å². The van der Waals surface area contributed by atoms with Crippen LogP contribution in [0.5, 0.6) is 0 Å². The van der Waals surface area contributed by atoms with Gasteiger partial charge in [0, 0.05) is 15.1 Å². The van der Waals surface area contributed by atoms with Gasteiger partial charge in [-0.2, -0.15) is 0 Å². The van der Waals surface area contributed by atoms with E-state index in [0.717, 1.165) is 27.5 Å². The van der Waals surface area contributed by atoms with E-state index in [1.807, 2.05) is 17.0 Å². The lowest BCUT2D eigenvalue weighted by molar-refractivity contribution is -0.0224. The number of aliphatic hydroxyl groups is 1. The number of fused-ring (bicyclic) bond motifs is 1. The van der Waals surface area contributed by atoms with E-state index in [0.29, 0.717) is 17.5 Å². The SMILES string of the molecule is CC(C)(O)[C@@H](C1CC1)N1Cc2cc(Cl)cc(I)c2C1=O. The van der Waals surface area contributed by atoms with Crippen molar-refractivity contribution in [1.82, 2.24) is 4.90 Å². The van der Waals surface area contributed by atoms with Crippen LogP contribution < -0.4 is 0 Å². The summed E-state index contributed by atoms with van der Waals surface area (Å²) in [5.74, 6) is 0.446. The number of rotatable bonds is 3. The lowest BCUT2D eigenvalue weighted by Gasteiger charge is -2.37. The van der Waals surface area contributed by atoms with Crippen molar-refractivity contribution >= 4 is 40.1 Å². The second-order valence-electron chi connectivity index (χ2n) is 6.29. The van der Waals surface area contributed by atoms with Gasteiger partial charge in [0.05, 0.1) is 17.2 Å². The second-order valence-corrected chi connectivity index (χ2v) is 7.89. The first kappa shape index (κ1) is 14.6. The zero-order chi connectivity index (χ0) is 14.7. The third kappa shape index (κ3) is 2.46. The third-order valence-corrected chi connectivity index (χ3v) is 5.15. The Balaban J connectivity index is 1.99. The Morgan fingerprint density at radius 1 is 1.45 bits per heavy atom. The number of halogens is 2. The maximum absolute atomic E-state index is 12.7.